The van der Waals surface area contributed by atoms with E-state index in [1.165, 1.54) is 4.88 Å². The number of nitrogens with zero attached hydrogens (tertiary/aromatic N) is 1. The predicted molar refractivity (Wildman–Crippen MR) is 105 cm³/mol. The van der Waals surface area contributed by atoms with E-state index in [9.17, 15) is 10.1 Å². The molecule has 1 aliphatic heterocycles. The summed E-state index contributed by atoms with van der Waals surface area (Å²) in [6.07, 6.45) is 6.49. The number of fused-ring (bicyclic) bond motifs is 1. The number of aryl methyl sites for hydroxylation is 1. The first-order chi connectivity index (χ1) is 13.2. The Morgan fingerprint density at radius 1 is 1.26 bits per heavy atom. The maximum atomic E-state index is 12.6. The second-order valence-corrected chi connectivity index (χ2v) is 8.06. The Labute approximate surface area is 162 Å². The number of carbonyl (C=O) groups excluding carboxylic acids is 1. The first kappa shape index (κ1) is 18.0. The van der Waals surface area contributed by atoms with Gasteiger partial charge in [-0.1, -0.05) is 0 Å². The first-order valence-electron chi connectivity index (χ1n) is 9.45. The molecule has 1 atom stereocenters. The van der Waals surface area contributed by atoms with Crippen molar-refractivity contribution in [2.24, 2.45) is 0 Å². The molecule has 2 aromatic rings. The highest BCUT2D eigenvalue weighted by atomic mass is 32.1. The van der Waals surface area contributed by atoms with Crippen molar-refractivity contribution in [3.8, 4) is 11.8 Å². The highest BCUT2D eigenvalue weighted by molar-refractivity contribution is 7.16. The number of anilines is 1. The van der Waals surface area contributed by atoms with Crippen LogP contribution in [-0.2, 0) is 17.6 Å². The fourth-order valence-electron chi connectivity index (χ4n) is 3.62. The van der Waals surface area contributed by atoms with Crippen molar-refractivity contribution in [2.75, 3.05) is 18.5 Å². The van der Waals surface area contributed by atoms with E-state index in [2.05, 4.69) is 11.4 Å². The Hall–Kier alpha value is -2.36. The van der Waals surface area contributed by atoms with Crippen LogP contribution in [0.25, 0.3) is 0 Å². The van der Waals surface area contributed by atoms with Crippen LogP contribution in [0.2, 0.25) is 0 Å². The van der Waals surface area contributed by atoms with E-state index in [4.69, 9.17) is 9.47 Å². The van der Waals surface area contributed by atoms with E-state index >= 15 is 0 Å². The third-order valence-corrected chi connectivity index (χ3v) is 6.29. The summed E-state index contributed by atoms with van der Waals surface area (Å²) >= 11 is 1.54. The lowest BCUT2D eigenvalue weighted by Gasteiger charge is -2.11. The molecule has 2 aliphatic rings. The minimum absolute atomic E-state index is 0.169. The normalized spacial score (nSPS) is 18.6. The molecule has 27 heavy (non-hydrogen) atoms. The van der Waals surface area contributed by atoms with Crippen molar-refractivity contribution in [1.29, 1.82) is 5.26 Å². The van der Waals surface area contributed by atoms with Crippen molar-refractivity contribution in [1.82, 2.24) is 0 Å². The molecule has 1 N–H and O–H groups in total. The number of rotatable bonds is 5. The third kappa shape index (κ3) is 4.00. The van der Waals surface area contributed by atoms with Crippen LogP contribution in [0.3, 0.4) is 0 Å². The van der Waals surface area contributed by atoms with Gasteiger partial charge in [-0.3, -0.25) is 4.79 Å². The van der Waals surface area contributed by atoms with E-state index in [0.29, 0.717) is 22.7 Å². The monoisotopic (exact) mass is 382 g/mol. The summed E-state index contributed by atoms with van der Waals surface area (Å²) in [4.78, 5) is 13.8. The summed E-state index contributed by atoms with van der Waals surface area (Å²) in [5, 5.41) is 13.1. The number of nitrogens with one attached hydrogen (secondary N) is 1. The van der Waals surface area contributed by atoms with Gasteiger partial charge in [-0.15, -0.1) is 11.3 Å². The fraction of sp³-hybridized carbons (Fsp3) is 0.429. The molecule has 1 saturated heterocycles. The minimum atomic E-state index is -0.198. The van der Waals surface area contributed by atoms with Gasteiger partial charge in [-0.05, 0) is 68.4 Å². The average Bonchev–Trinajstić information content (AvgIpc) is 3.33. The molecule has 6 heteroatoms. The Kier molecular flexibility index (Phi) is 5.42. The molecule has 4 rings (SSSR count). The van der Waals surface area contributed by atoms with E-state index in [0.717, 1.165) is 56.4 Å². The van der Waals surface area contributed by atoms with Crippen LogP contribution in [0, 0.1) is 11.3 Å². The molecule has 2 heterocycles. The molecule has 0 bridgehead atoms. The predicted octanol–water partition coefficient (Wildman–Crippen LogP) is 4.31. The summed E-state index contributed by atoms with van der Waals surface area (Å²) in [5.41, 5.74) is 2.32. The van der Waals surface area contributed by atoms with Crippen molar-refractivity contribution < 1.29 is 14.3 Å². The van der Waals surface area contributed by atoms with Crippen LogP contribution >= 0.6 is 11.3 Å². The topological polar surface area (TPSA) is 71.4 Å². The second kappa shape index (κ2) is 8.12. The molecule has 1 aromatic carbocycles. The Bertz CT molecular complexity index is 861. The quantitative estimate of drug-likeness (QED) is 0.836. The SMILES string of the molecule is N#Cc1c(NC(=O)c2ccc(OCC3CCCO3)cc2)sc2c1CCCC2. The highest BCUT2D eigenvalue weighted by Gasteiger charge is 2.22. The molecule has 0 saturated carbocycles. The van der Waals surface area contributed by atoms with Gasteiger partial charge in [0, 0.05) is 17.0 Å². The maximum Gasteiger partial charge on any atom is 0.256 e. The van der Waals surface area contributed by atoms with Gasteiger partial charge in [0.05, 0.1) is 11.7 Å². The van der Waals surface area contributed by atoms with Crippen molar-refractivity contribution in [2.45, 2.75) is 44.6 Å². The van der Waals surface area contributed by atoms with Gasteiger partial charge >= 0.3 is 0 Å². The molecule has 1 fully saturated rings. The van der Waals surface area contributed by atoms with Gasteiger partial charge in [0.15, 0.2) is 0 Å². The number of hydrogen-bond acceptors (Lipinski definition) is 5. The van der Waals surface area contributed by atoms with Gasteiger partial charge in [-0.2, -0.15) is 5.26 Å². The second-order valence-electron chi connectivity index (χ2n) is 6.95. The fourth-order valence-corrected chi connectivity index (χ4v) is 4.85. The lowest BCUT2D eigenvalue weighted by atomic mass is 9.96. The van der Waals surface area contributed by atoms with E-state index in [1.807, 2.05) is 0 Å². The third-order valence-electron chi connectivity index (χ3n) is 5.09. The molecule has 1 unspecified atom stereocenters. The number of benzene rings is 1. The Morgan fingerprint density at radius 3 is 2.81 bits per heavy atom. The standard InChI is InChI=1S/C21H22N2O3S/c22-12-18-17-5-1-2-6-19(17)27-21(18)23-20(24)14-7-9-15(10-8-14)26-13-16-4-3-11-25-16/h7-10,16H,1-6,11,13H2,(H,23,24). The van der Waals surface area contributed by atoms with Crippen LogP contribution in [0.15, 0.2) is 24.3 Å². The minimum Gasteiger partial charge on any atom is -0.491 e. The van der Waals surface area contributed by atoms with E-state index in [1.54, 1.807) is 35.6 Å². The van der Waals surface area contributed by atoms with Crippen LogP contribution in [0.5, 0.6) is 5.75 Å². The van der Waals surface area contributed by atoms with Crippen LogP contribution in [0.1, 0.15) is 52.0 Å². The zero-order chi connectivity index (χ0) is 18.6. The van der Waals surface area contributed by atoms with Gasteiger partial charge in [0.25, 0.3) is 5.91 Å². The summed E-state index contributed by atoms with van der Waals surface area (Å²) in [6, 6.07) is 9.38. The van der Waals surface area contributed by atoms with Crippen molar-refractivity contribution >= 4 is 22.2 Å². The molecule has 5 nitrogen and oxygen atoms in total. The van der Waals surface area contributed by atoms with Crippen LogP contribution in [0.4, 0.5) is 5.00 Å². The van der Waals surface area contributed by atoms with Crippen LogP contribution in [-0.4, -0.2) is 25.2 Å². The van der Waals surface area contributed by atoms with E-state index in [-0.39, 0.29) is 12.0 Å². The van der Waals surface area contributed by atoms with Gasteiger partial charge in [0.1, 0.15) is 23.4 Å². The van der Waals surface area contributed by atoms with Gasteiger partial charge < -0.3 is 14.8 Å². The van der Waals surface area contributed by atoms with Gasteiger partial charge in [0.2, 0.25) is 0 Å². The Balaban J connectivity index is 1.41. The lowest BCUT2D eigenvalue weighted by Crippen LogP contribution is -2.16. The zero-order valence-electron chi connectivity index (χ0n) is 15.1. The lowest BCUT2D eigenvalue weighted by molar-refractivity contribution is 0.0679. The molecule has 1 aromatic heterocycles. The molecule has 140 valence electrons. The number of thiophene rings is 1. The summed E-state index contributed by atoms with van der Waals surface area (Å²) in [7, 11) is 0. The molecular weight excluding hydrogens is 360 g/mol. The average molecular weight is 382 g/mol. The molecule has 1 aliphatic carbocycles. The highest BCUT2D eigenvalue weighted by Crippen LogP contribution is 2.37. The van der Waals surface area contributed by atoms with Crippen molar-refractivity contribution in [3.63, 3.8) is 0 Å². The Morgan fingerprint density at radius 2 is 2.07 bits per heavy atom. The zero-order valence-corrected chi connectivity index (χ0v) is 15.9. The first-order valence-corrected chi connectivity index (χ1v) is 10.3. The number of hydrogen-bond donors (Lipinski definition) is 1. The maximum absolute atomic E-state index is 12.6. The largest absolute Gasteiger partial charge is 0.491 e. The number of amides is 1. The van der Waals surface area contributed by atoms with Crippen molar-refractivity contribution in [3.05, 3.63) is 45.8 Å². The number of nitriles is 1. The smallest absolute Gasteiger partial charge is 0.256 e. The summed E-state index contributed by atoms with van der Waals surface area (Å²) < 4.78 is 11.3. The van der Waals surface area contributed by atoms with Gasteiger partial charge in [-0.25, -0.2) is 0 Å². The molecule has 1 amide bonds. The number of ether oxygens (including phenoxy) is 2. The molecular formula is C21H22N2O3S. The molecule has 0 spiro atoms. The van der Waals surface area contributed by atoms with E-state index < -0.39 is 0 Å². The summed E-state index contributed by atoms with van der Waals surface area (Å²) in [6.45, 7) is 1.35. The number of carbonyl (C=O) groups is 1. The summed E-state index contributed by atoms with van der Waals surface area (Å²) in [5.74, 6) is 0.530. The molecule has 0 radical (unpaired) electrons. The van der Waals surface area contributed by atoms with Crippen LogP contribution < -0.4 is 10.1 Å².